The van der Waals surface area contributed by atoms with E-state index in [4.69, 9.17) is 21.1 Å². The zero-order valence-corrected chi connectivity index (χ0v) is 25.6. The number of ether oxygens (including phenoxy) is 2. The molecule has 0 aliphatic carbocycles. The molecular formula is C30H36ClN3O6S. The van der Waals surface area contributed by atoms with Crippen LogP contribution in [-0.2, 0) is 26.2 Å². The smallest absolute Gasteiger partial charge is 0.264 e. The van der Waals surface area contributed by atoms with Crippen LogP contribution in [-0.4, -0.2) is 57.5 Å². The quantitative estimate of drug-likeness (QED) is 0.336. The Morgan fingerprint density at radius 3 is 2.00 bits per heavy atom. The summed E-state index contributed by atoms with van der Waals surface area (Å²) < 4.78 is 39.2. The zero-order chi connectivity index (χ0) is 30.4. The molecule has 1 N–H and O–H groups in total. The van der Waals surface area contributed by atoms with Crippen LogP contribution in [0.25, 0.3) is 0 Å². The standard InChI is InChI=1S/C30H36ClN3O6S/c1-21(29(36)32-30(2,3)4)33(19-22-10-12-25(39-5)13-11-22)28(35)20-34(24-9-7-8-23(31)18-24)41(37,38)27-16-14-26(40-6)15-17-27/h7-18,21H,19-20H2,1-6H3,(H,32,36)/t21-/m1/s1. The fourth-order valence-electron chi connectivity index (χ4n) is 4.02. The first-order valence-electron chi connectivity index (χ1n) is 12.9. The van der Waals surface area contributed by atoms with Crippen molar-refractivity contribution in [3.63, 3.8) is 0 Å². The van der Waals surface area contributed by atoms with Crippen molar-refractivity contribution in [1.82, 2.24) is 10.2 Å². The maximum atomic E-state index is 14.0. The minimum absolute atomic E-state index is 0.0358. The van der Waals surface area contributed by atoms with Gasteiger partial charge in [0.2, 0.25) is 11.8 Å². The average Bonchev–Trinajstić information content (AvgIpc) is 2.93. The van der Waals surface area contributed by atoms with Gasteiger partial charge in [-0.15, -0.1) is 0 Å². The molecule has 3 aromatic carbocycles. The van der Waals surface area contributed by atoms with Crippen molar-refractivity contribution >= 4 is 39.1 Å². The molecule has 3 rings (SSSR count). The van der Waals surface area contributed by atoms with Crippen LogP contribution < -0.4 is 19.1 Å². The summed E-state index contributed by atoms with van der Waals surface area (Å²) in [6, 6.07) is 18.3. The highest BCUT2D eigenvalue weighted by Gasteiger charge is 2.33. The van der Waals surface area contributed by atoms with Gasteiger partial charge in [-0.3, -0.25) is 13.9 Å². The van der Waals surface area contributed by atoms with Crippen molar-refractivity contribution in [3.8, 4) is 11.5 Å². The van der Waals surface area contributed by atoms with E-state index >= 15 is 0 Å². The molecule has 220 valence electrons. The maximum Gasteiger partial charge on any atom is 0.264 e. The molecule has 0 aromatic heterocycles. The Labute approximate surface area is 247 Å². The van der Waals surface area contributed by atoms with Crippen LogP contribution in [0.3, 0.4) is 0 Å². The van der Waals surface area contributed by atoms with Crippen LogP contribution in [0, 0.1) is 0 Å². The summed E-state index contributed by atoms with van der Waals surface area (Å²) in [7, 11) is -1.19. The first-order valence-corrected chi connectivity index (χ1v) is 14.7. The van der Waals surface area contributed by atoms with Crippen LogP contribution >= 0.6 is 11.6 Å². The number of anilines is 1. The van der Waals surface area contributed by atoms with E-state index in [1.807, 2.05) is 20.8 Å². The SMILES string of the molecule is COc1ccc(CN(C(=O)CN(c2cccc(Cl)c2)S(=O)(=O)c2ccc(OC)cc2)[C@H](C)C(=O)NC(C)(C)C)cc1. The van der Waals surface area contributed by atoms with Crippen molar-refractivity contribution in [3.05, 3.63) is 83.4 Å². The predicted octanol–water partition coefficient (Wildman–Crippen LogP) is 4.88. The van der Waals surface area contributed by atoms with Gasteiger partial charge >= 0.3 is 0 Å². The molecule has 9 nitrogen and oxygen atoms in total. The summed E-state index contributed by atoms with van der Waals surface area (Å²) >= 11 is 6.21. The number of rotatable bonds is 11. The molecule has 2 amide bonds. The second kappa shape index (κ2) is 13.3. The number of carbonyl (C=O) groups is 2. The summed E-state index contributed by atoms with van der Waals surface area (Å²) in [5, 5.41) is 3.21. The molecule has 0 heterocycles. The van der Waals surface area contributed by atoms with Crippen molar-refractivity contribution in [2.75, 3.05) is 25.1 Å². The molecule has 0 bridgehead atoms. The summed E-state index contributed by atoms with van der Waals surface area (Å²) in [5.41, 5.74) is 0.407. The molecule has 0 saturated carbocycles. The van der Waals surface area contributed by atoms with Gasteiger partial charge in [0.25, 0.3) is 10.0 Å². The molecule has 41 heavy (non-hydrogen) atoms. The van der Waals surface area contributed by atoms with E-state index < -0.39 is 34.1 Å². The van der Waals surface area contributed by atoms with Crippen LogP contribution in [0.2, 0.25) is 5.02 Å². The third-order valence-corrected chi connectivity index (χ3v) is 8.22. The van der Waals surface area contributed by atoms with E-state index in [1.165, 1.54) is 42.3 Å². The Balaban J connectivity index is 2.03. The van der Waals surface area contributed by atoms with Crippen LogP contribution in [0.4, 0.5) is 5.69 Å². The highest BCUT2D eigenvalue weighted by molar-refractivity contribution is 7.92. The highest BCUT2D eigenvalue weighted by atomic mass is 35.5. The van der Waals surface area contributed by atoms with E-state index in [0.717, 1.165) is 9.87 Å². The maximum absolute atomic E-state index is 14.0. The molecule has 0 aliphatic rings. The van der Waals surface area contributed by atoms with Crippen molar-refractivity contribution in [2.24, 2.45) is 0 Å². The van der Waals surface area contributed by atoms with E-state index in [1.54, 1.807) is 56.5 Å². The topological polar surface area (TPSA) is 105 Å². The van der Waals surface area contributed by atoms with Gasteiger partial charge in [-0.25, -0.2) is 8.42 Å². The Hall–Kier alpha value is -3.76. The molecule has 0 aliphatic heterocycles. The molecule has 0 fully saturated rings. The lowest BCUT2D eigenvalue weighted by Crippen LogP contribution is -2.54. The van der Waals surface area contributed by atoms with Gasteiger partial charge < -0.3 is 19.7 Å². The number of hydrogen-bond acceptors (Lipinski definition) is 6. The van der Waals surface area contributed by atoms with Crippen molar-refractivity contribution in [1.29, 1.82) is 0 Å². The Morgan fingerprint density at radius 2 is 1.49 bits per heavy atom. The van der Waals surface area contributed by atoms with Gasteiger partial charge in [0.1, 0.15) is 24.1 Å². The van der Waals surface area contributed by atoms with Gasteiger partial charge in [-0.1, -0.05) is 29.8 Å². The zero-order valence-electron chi connectivity index (χ0n) is 24.0. The normalized spacial score (nSPS) is 12.3. The highest BCUT2D eigenvalue weighted by Crippen LogP contribution is 2.28. The number of nitrogens with zero attached hydrogens (tertiary/aromatic N) is 2. The molecular weight excluding hydrogens is 566 g/mol. The summed E-state index contributed by atoms with van der Waals surface area (Å²) in [6.07, 6.45) is 0. The fourth-order valence-corrected chi connectivity index (χ4v) is 5.61. The van der Waals surface area contributed by atoms with Gasteiger partial charge in [-0.05, 0) is 87.9 Å². The van der Waals surface area contributed by atoms with Crippen molar-refractivity contribution < 1.29 is 27.5 Å². The Morgan fingerprint density at radius 1 is 0.927 bits per heavy atom. The average molecular weight is 602 g/mol. The molecule has 0 saturated heterocycles. The number of methoxy groups -OCH3 is 2. The van der Waals surface area contributed by atoms with Crippen LogP contribution in [0.15, 0.2) is 77.7 Å². The molecule has 11 heteroatoms. The van der Waals surface area contributed by atoms with Crippen molar-refractivity contribution in [2.45, 2.75) is 50.7 Å². The Kier molecular flexibility index (Phi) is 10.3. The van der Waals surface area contributed by atoms with E-state index in [9.17, 15) is 18.0 Å². The van der Waals surface area contributed by atoms with Gasteiger partial charge in [0.15, 0.2) is 0 Å². The molecule has 0 unspecified atom stereocenters. The summed E-state index contributed by atoms with van der Waals surface area (Å²) in [5.74, 6) is 0.183. The number of benzene rings is 3. The fraction of sp³-hybridized carbons (Fsp3) is 0.333. The van der Waals surface area contributed by atoms with E-state index in [2.05, 4.69) is 5.32 Å². The van der Waals surface area contributed by atoms with Crippen LogP contribution in [0.5, 0.6) is 11.5 Å². The predicted molar refractivity (Wildman–Crippen MR) is 160 cm³/mol. The lowest BCUT2D eigenvalue weighted by atomic mass is 10.1. The minimum atomic E-state index is -4.23. The number of hydrogen-bond donors (Lipinski definition) is 1. The largest absolute Gasteiger partial charge is 0.497 e. The second-order valence-electron chi connectivity index (χ2n) is 10.5. The first-order chi connectivity index (χ1) is 19.2. The molecule has 1 atom stereocenters. The molecule has 0 radical (unpaired) electrons. The van der Waals surface area contributed by atoms with Gasteiger partial charge in [0, 0.05) is 17.1 Å². The molecule has 0 spiro atoms. The van der Waals surface area contributed by atoms with Gasteiger partial charge in [-0.2, -0.15) is 0 Å². The van der Waals surface area contributed by atoms with E-state index in [-0.39, 0.29) is 23.0 Å². The number of carbonyl (C=O) groups excluding carboxylic acids is 2. The second-order valence-corrected chi connectivity index (χ2v) is 12.8. The number of amides is 2. The number of nitrogens with one attached hydrogen (secondary N) is 1. The minimum Gasteiger partial charge on any atom is -0.497 e. The Bertz CT molecular complexity index is 1450. The summed E-state index contributed by atoms with van der Waals surface area (Å²) in [4.78, 5) is 28.5. The van der Waals surface area contributed by atoms with E-state index in [0.29, 0.717) is 16.5 Å². The number of sulfonamides is 1. The lowest BCUT2D eigenvalue weighted by Gasteiger charge is -2.33. The molecule has 3 aromatic rings. The van der Waals surface area contributed by atoms with Crippen LogP contribution in [0.1, 0.15) is 33.3 Å². The first kappa shape index (κ1) is 31.8. The lowest BCUT2D eigenvalue weighted by molar-refractivity contribution is -0.140. The van der Waals surface area contributed by atoms with Gasteiger partial charge in [0.05, 0.1) is 24.8 Å². The number of halogens is 1. The summed E-state index contributed by atoms with van der Waals surface area (Å²) in [6.45, 7) is 6.64. The third kappa shape index (κ3) is 8.37. The third-order valence-electron chi connectivity index (χ3n) is 6.20. The monoisotopic (exact) mass is 601 g/mol.